The molecule has 118 valence electrons. The van der Waals surface area contributed by atoms with Crippen molar-refractivity contribution >= 4 is 17.6 Å². The topological polar surface area (TPSA) is 57.6 Å². The van der Waals surface area contributed by atoms with Gasteiger partial charge in [-0.3, -0.25) is 9.59 Å². The fourth-order valence-corrected chi connectivity index (χ4v) is 3.07. The van der Waals surface area contributed by atoms with E-state index in [2.05, 4.69) is 12.1 Å². The molecular weight excluding hydrogens is 290 g/mol. The predicted octanol–water partition coefficient (Wildman–Crippen LogP) is 2.84. The lowest BCUT2D eigenvalue weighted by molar-refractivity contribution is -0.136. The molecule has 2 aromatic carbocycles. The maximum absolute atomic E-state index is 12.6. The zero-order chi connectivity index (χ0) is 16.2. The van der Waals surface area contributed by atoms with Crippen molar-refractivity contribution in [1.29, 1.82) is 0 Å². The number of carbonyl (C=O) groups is 2. The first-order valence-electron chi connectivity index (χ1n) is 7.81. The summed E-state index contributed by atoms with van der Waals surface area (Å²) in [7, 11) is 0. The molecule has 0 atom stereocenters. The summed E-state index contributed by atoms with van der Waals surface area (Å²) in [5, 5.41) is 9.09. The van der Waals surface area contributed by atoms with Crippen molar-refractivity contribution in [2.24, 2.45) is 0 Å². The Morgan fingerprint density at radius 3 is 2.48 bits per heavy atom. The average Bonchev–Trinajstić information content (AvgIpc) is 3.01. The quantitative estimate of drug-likeness (QED) is 0.924. The maximum Gasteiger partial charge on any atom is 0.323 e. The van der Waals surface area contributed by atoms with Crippen molar-refractivity contribution in [3.63, 3.8) is 0 Å². The summed E-state index contributed by atoms with van der Waals surface area (Å²) in [4.78, 5) is 25.0. The number of anilines is 1. The molecule has 1 amide bonds. The maximum atomic E-state index is 12.6. The monoisotopic (exact) mass is 309 g/mol. The Morgan fingerprint density at radius 2 is 1.74 bits per heavy atom. The van der Waals surface area contributed by atoms with E-state index in [9.17, 15) is 9.59 Å². The third-order valence-electron chi connectivity index (χ3n) is 4.18. The first-order valence-corrected chi connectivity index (χ1v) is 7.81. The van der Waals surface area contributed by atoms with Crippen LogP contribution in [-0.4, -0.2) is 23.5 Å². The summed E-state index contributed by atoms with van der Waals surface area (Å²) in [6, 6.07) is 15.1. The van der Waals surface area contributed by atoms with Crippen LogP contribution in [0.1, 0.15) is 23.1 Å². The van der Waals surface area contributed by atoms with Gasteiger partial charge < -0.3 is 10.0 Å². The Bertz CT molecular complexity index is 725. The second-order valence-electron chi connectivity index (χ2n) is 5.84. The molecular formula is C19H19NO3. The van der Waals surface area contributed by atoms with Gasteiger partial charge >= 0.3 is 5.97 Å². The number of hydrogen-bond acceptors (Lipinski definition) is 2. The van der Waals surface area contributed by atoms with E-state index < -0.39 is 5.97 Å². The van der Waals surface area contributed by atoms with E-state index >= 15 is 0 Å². The van der Waals surface area contributed by atoms with Gasteiger partial charge in [0.2, 0.25) is 5.91 Å². The fraction of sp³-hybridized carbons (Fsp3) is 0.263. The largest absolute Gasteiger partial charge is 0.480 e. The lowest BCUT2D eigenvalue weighted by Crippen LogP contribution is -2.36. The number of para-hydroxylation sites is 1. The van der Waals surface area contributed by atoms with Crippen molar-refractivity contribution in [1.82, 2.24) is 0 Å². The van der Waals surface area contributed by atoms with Crippen LogP contribution in [0.4, 0.5) is 5.69 Å². The molecule has 0 unspecified atom stereocenters. The molecule has 0 fully saturated rings. The Labute approximate surface area is 135 Å². The number of aliphatic carboxylic acids is 1. The molecule has 4 nitrogen and oxygen atoms in total. The number of hydrogen-bond donors (Lipinski definition) is 1. The van der Waals surface area contributed by atoms with E-state index in [-0.39, 0.29) is 18.9 Å². The summed E-state index contributed by atoms with van der Waals surface area (Å²) in [6.07, 6.45) is 3.56. The minimum atomic E-state index is -1.02. The van der Waals surface area contributed by atoms with Crippen LogP contribution in [0.15, 0.2) is 48.5 Å². The van der Waals surface area contributed by atoms with Crippen molar-refractivity contribution in [3.05, 3.63) is 65.2 Å². The smallest absolute Gasteiger partial charge is 0.323 e. The molecule has 0 aliphatic heterocycles. The second-order valence-corrected chi connectivity index (χ2v) is 5.84. The highest BCUT2D eigenvalue weighted by Gasteiger charge is 2.20. The Kier molecular flexibility index (Phi) is 4.42. The number of benzene rings is 2. The van der Waals surface area contributed by atoms with E-state index in [1.165, 1.54) is 22.4 Å². The summed E-state index contributed by atoms with van der Waals surface area (Å²) in [5.41, 5.74) is 4.24. The van der Waals surface area contributed by atoms with Gasteiger partial charge in [-0.05, 0) is 48.1 Å². The molecule has 0 saturated heterocycles. The number of aryl methyl sites for hydroxylation is 2. The molecule has 0 spiro atoms. The molecule has 0 heterocycles. The van der Waals surface area contributed by atoms with Gasteiger partial charge in [0.25, 0.3) is 0 Å². The number of amides is 1. The zero-order valence-electron chi connectivity index (χ0n) is 12.9. The first-order chi connectivity index (χ1) is 11.1. The van der Waals surface area contributed by atoms with Crippen LogP contribution >= 0.6 is 0 Å². The fourth-order valence-electron chi connectivity index (χ4n) is 3.07. The Balaban J connectivity index is 1.79. The molecule has 0 saturated carbocycles. The molecule has 0 aromatic heterocycles. The number of carboxylic acids is 1. The first kappa shape index (κ1) is 15.3. The van der Waals surface area contributed by atoms with E-state index in [1.54, 1.807) is 24.3 Å². The zero-order valence-corrected chi connectivity index (χ0v) is 12.9. The molecule has 0 bridgehead atoms. The van der Waals surface area contributed by atoms with Crippen LogP contribution in [0.3, 0.4) is 0 Å². The number of carboxylic acid groups (broad SMARTS) is 1. The molecule has 4 heteroatoms. The van der Waals surface area contributed by atoms with Crippen molar-refractivity contribution in [2.45, 2.75) is 25.7 Å². The average molecular weight is 309 g/mol. The lowest BCUT2D eigenvalue weighted by Gasteiger charge is -2.21. The highest BCUT2D eigenvalue weighted by molar-refractivity contribution is 5.98. The summed E-state index contributed by atoms with van der Waals surface area (Å²) >= 11 is 0. The van der Waals surface area contributed by atoms with Gasteiger partial charge in [0.15, 0.2) is 0 Å². The normalized spacial score (nSPS) is 12.7. The highest BCUT2D eigenvalue weighted by atomic mass is 16.4. The van der Waals surface area contributed by atoms with Crippen LogP contribution < -0.4 is 4.90 Å². The Hall–Kier alpha value is -2.62. The number of carbonyl (C=O) groups excluding carboxylic acids is 1. The van der Waals surface area contributed by atoms with Crippen LogP contribution in [0.2, 0.25) is 0 Å². The van der Waals surface area contributed by atoms with Gasteiger partial charge in [-0.15, -0.1) is 0 Å². The van der Waals surface area contributed by atoms with Crippen molar-refractivity contribution in [3.8, 4) is 0 Å². The second kappa shape index (κ2) is 6.65. The molecule has 3 rings (SSSR count). The highest BCUT2D eigenvalue weighted by Crippen LogP contribution is 2.23. The molecule has 1 N–H and O–H groups in total. The van der Waals surface area contributed by atoms with Gasteiger partial charge in [-0.2, -0.15) is 0 Å². The minimum absolute atomic E-state index is 0.198. The van der Waals surface area contributed by atoms with Crippen LogP contribution in [0.25, 0.3) is 0 Å². The van der Waals surface area contributed by atoms with E-state index in [1.807, 2.05) is 12.1 Å². The van der Waals surface area contributed by atoms with Crippen LogP contribution in [0, 0.1) is 0 Å². The Morgan fingerprint density at radius 1 is 1.00 bits per heavy atom. The van der Waals surface area contributed by atoms with E-state index in [4.69, 9.17) is 5.11 Å². The predicted molar refractivity (Wildman–Crippen MR) is 88.6 cm³/mol. The molecule has 23 heavy (non-hydrogen) atoms. The summed E-state index contributed by atoms with van der Waals surface area (Å²) < 4.78 is 0. The number of fused-ring (bicyclic) bond motifs is 1. The SMILES string of the molecule is O=C(O)CN(C(=O)Cc1ccc2c(c1)CCC2)c1ccccc1. The molecule has 0 radical (unpaired) electrons. The molecule has 1 aliphatic rings. The van der Waals surface area contributed by atoms with E-state index in [0.29, 0.717) is 5.69 Å². The minimum Gasteiger partial charge on any atom is -0.480 e. The summed E-state index contributed by atoms with van der Waals surface area (Å²) in [6.45, 7) is -0.326. The standard InChI is InChI=1S/C19H19NO3/c21-18(12-14-9-10-15-5-4-6-16(15)11-14)20(13-19(22)23)17-7-2-1-3-8-17/h1-3,7-11H,4-6,12-13H2,(H,22,23). The van der Waals surface area contributed by atoms with Crippen LogP contribution in [-0.2, 0) is 28.9 Å². The van der Waals surface area contributed by atoms with Crippen LogP contribution in [0.5, 0.6) is 0 Å². The summed E-state index contributed by atoms with van der Waals surface area (Å²) in [5.74, 6) is -1.22. The number of nitrogens with zero attached hydrogens (tertiary/aromatic N) is 1. The van der Waals surface area contributed by atoms with Gasteiger partial charge in [0, 0.05) is 5.69 Å². The van der Waals surface area contributed by atoms with Gasteiger partial charge in [0.05, 0.1) is 6.42 Å². The third kappa shape index (κ3) is 3.59. The van der Waals surface area contributed by atoms with Crippen molar-refractivity contribution in [2.75, 3.05) is 11.4 Å². The molecule has 2 aromatic rings. The van der Waals surface area contributed by atoms with E-state index in [0.717, 1.165) is 18.4 Å². The third-order valence-corrected chi connectivity index (χ3v) is 4.18. The molecule has 1 aliphatic carbocycles. The van der Waals surface area contributed by atoms with Gasteiger partial charge in [-0.25, -0.2) is 0 Å². The van der Waals surface area contributed by atoms with Gasteiger partial charge in [0.1, 0.15) is 6.54 Å². The lowest BCUT2D eigenvalue weighted by atomic mass is 10.0. The van der Waals surface area contributed by atoms with Crippen molar-refractivity contribution < 1.29 is 14.7 Å². The van der Waals surface area contributed by atoms with Gasteiger partial charge in [-0.1, -0.05) is 36.4 Å². The number of rotatable bonds is 5.